The summed E-state index contributed by atoms with van der Waals surface area (Å²) in [6.45, 7) is 4.92. The molecular formula is C8H20N2O. The van der Waals surface area contributed by atoms with Gasteiger partial charge in [0.2, 0.25) is 0 Å². The highest BCUT2D eigenvalue weighted by Gasteiger charge is 2.26. The lowest BCUT2D eigenvalue weighted by Crippen LogP contribution is -2.43. The van der Waals surface area contributed by atoms with Crippen molar-refractivity contribution in [3.8, 4) is 0 Å². The topological polar surface area (TPSA) is 58.3 Å². The molecule has 4 N–H and O–H groups in total. The van der Waals surface area contributed by atoms with Crippen LogP contribution in [0, 0.1) is 5.41 Å². The van der Waals surface area contributed by atoms with Crippen LogP contribution >= 0.6 is 0 Å². The first-order chi connectivity index (χ1) is 5.08. The molecule has 68 valence electrons. The molecule has 0 saturated carbocycles. The van der Waals surface area contributed by atoms with Gasteiger partial charge in [0.05, 0.1) is 0 Å². The minimum absolute atomic E-state index is 0.0753. The molecule has 0 spiro atoms. The minimum Gasteiger partial charge on any atom is -0.396 e. The van der Waals surface area contributed by atoms with Crippen LogP contribution < -0.4 is 11.1 Å². The summed E-state index contributed by atoms with van der Waals surface area (Å²) in [6.07, 6.45) is 0.907. The van der Waals surface area contributed by atoms with Gasteiger partial charge >= 0.3 is 0 Å². The normalized spacial score (nSPS) is 15.0. The Balaban J connectivity index is 3.99. The molecule has 1 atom stereocenters. The Labute approximate surface area is 69.0 Å². The summed E-state index contributed by atoms with van der Waals surface area (Å²) in [5, 5.41) is 12.2. The third-order valence-electron chi connectivity index (χ3n) is 2.15. The first-order valence-electron chi connectivity index (χ1n) is 4.06. The molecule has 0 aromatic rings. The summed E-state index contributed by atoms with van der Waals surface area (Å²) in [5.41, 5.74) is 5.36. The average molecular weight is 160 g/mol. The van der Waals surface area contributed by atoms with Crippen molar-refractivity contribution in [2.24, 2.45) is 11.1 Å². The summed E-state index contributed by atoms with van der Waals surface area (Å²) in [6, 6.07) is 0.303. The molecule has 0 aromatic carbocycles. The predicted octanol–water partition coefficient (Wildman–Crippen LogP) is -0.0583. The Morgan fingerprint density at radius 3 is 2.36 bits per heavy atom. The van der Waals surface area contributed by atoms with Gasteiger partial charge in [0.15, 0.2) is 0 Å². The standard InChI is InChI=1S/C8H20N2O/c1-8(2,6-11)7(10-3)4-5-9/h7,10-11H,4-6,9H2,1-3H3. The van der Waals surface area contributed by atoms with E-state index in [2.05, 4.69) is 5.32 Å². The van der Waals surface area contributed by atoms with Crippen LogP contribution in [0.2, 0.25) is 0 Å². The number of hydrogen-bond acceptors (Lipinski definition) is 3. The first-order valence-corrected chi connectivity index (χ1v) is 4.06. The molecule has 0 aromatic heterocycles. The van der Waals surface area contributed by atoms with E-state index in [4.69, 9.17) is 10.8 Å². The molecule has 0 radical (unpaired) electrons. The zero-order valence-electron chi connectivity index (χ0n) is 7.72. The van der Waals surface area contributed by atoms with E-state index in [1.165, 1.54) is 0 Å². The van der Waals surface area contributed by atoms with Gasteiger partial charge in [-0.05, 0) is 20.0 Å². The zero-order valence-corrected chi connectivity index (χ0v) is 7.72. The molecule has 11 heavy (non-hydrogen) atoms. The average Bonchev–Trinajstić information content (AvgIpc) is 2.00. The Kier molecular flexibility index (Phi) is 4.65. The van der Waals surface area contributed by atoms with Gasteiger partial charge in [-0.25, -0.2) is 0 Å². The summed E-state index contributed by atoms with van der Waals surface area (Å²) in [4.78, 5) is 0. The van der Waals surface area contributed by atoms with E-state index in [-0.39, 0.29) is 12.0 Å². The molecule has 0 saturated heterocycles. The largest absolute Gasteiger partial charge is 0.396 e. The van der Waals surface area contributed by atoms with E-state index >= 15 is 0 Å². The fraction of sp³-hybridized carbons (Fsp3) is 1.00. The Hall–Kier alpha value is -0.120. The van der Waals surface area contributed by atoms with Crippen molar-refractivity contribution in [2.75, 3.05) is 20.2 Å². The lowest BCUT2D eigenvalue weighted by molar-refractivity contribution is 0.116. The molecule has 0 fully saturated rings. The van der Waals surface area contributed by atoms with Crippen molar-refractivity contribution >= 4 is 0 Å². The summed E-state index contributed by atoms with van der Waals surface area (Å²) < 4.78 is 0. The highest BCUT2D eigenvalue weighted by Crippen LogP contribution is 2.21. The van der Waals surface area contributed by atoms with Crippen molar-refractivity contribution in [1.29, 1.82) is 0 Å². The number of nitrogens with one attached hydrogen (secondary N) is 1. The second-order valence-corrected chi connectivity index (χ2v) is 3.57. The van der Waals surface area contributed by atoms with Crippen molar-refractivity contribution < 1.29 is 5.11 Å². The zero-order chi connectivity index (χ0) is 8.91. The number of nitrogens with two attached hydrogens (primary N) is 1. The van der Waals surface area contributed by atoms with Crippen LogP contribution in [-0.2, 0) is 0 Å². The van der Waals surface area contributed by atoms with E-state index in [9.17, 15) is 0 Å². The van der Waals surface area contributed by atoms with Gasteiger partial charge in [0, 0.05) is 18.1 Å². The van der Waals surface area contributed by atoms with Gasteiger partial charge in [-0.3, -0.25) is 0 Å². The molecule has 0 aliphatic heterocycles. The highest BCUT2D eigenvalue weighted by molar-refractivity contribution is 4.82. The molecular weight excluding hydrogens is 140 g/mol. The Morgan fingerprint density at radius 1 is 1.55 bits per heavy atom. The maximum Gasteiger partial charge on any atom is 0.0497 e. The maximum absolute atomic E-state index is 9.04. The second-order valence-electron chi connectivity index (χ2n) is 3.57. The van der Waals surface area contributed by atoms with E-state index in [0.717, 1.165) is 6.42 Å². The predicted molar refractivity (Wildman–Crippen MR) is 47.4 cm³/mol. The van der Waals surface area contributed by atoms with Gasteiger partial charge in [0.1, 0.15) is 0 Å². The van der Waals surface area contributed by atoms with Crippen LogP contribution in [0.4, 0.5) is 0 Å². The van der Waals surface area contributed by atoms with Crippen molar-refractivity contribution in [3.05, 3.63) is 0 Å². The third-order valence-corrected chi connectivity index (χ3v) is 2.15. The van der Waals surface area contributed by atoms with E-state index in [0.29, 0.717) is 12.6 Å². The SMILES string of the molecule is CNC(CCN)C(C)(C)CO. The van der Waals surface area contributed by atoms with Gasteiger partial charge in [-0.1, -0.05) is 13.8 Å². The second kappa shape index (κ2) is 4.70. The molecule has 0 rings (SSSR count). The highest BCUT2D eigenvalue weighted by atomic mass is 16.3. The summed E-state index contributed by atoms with van der Waals surface area (Å²) in [5.74, 6) is 0. The van der Waals surface area contributed by atoms with E-state index < -0.39 is 0 Å². The third kappa shape index (κ3) is 3.18. The van der Waals surface area contributed by atoms with Gasteiger partial charge in [-0.2, -0.15) is 0 Å². The van der Waals surface area contributed by atoms with Gasteiger partial charge < -0.3 is 16.2 Å². The van der Waals surface area contributed by atoms with Gasteiger partial charge in [0.25, 0.3) is 0 Å². The Bertz CT molecular complexity index is 104. The summed E-state index contributed by atoms with van der Waals surface area (Å²) in [7, 11) is 1.90. The van der Waals surface area contributed by atoms with Gasteiger partial charge in [-0.15, -0.1) is 0 Å². The number of aliphatic hydroxyl groups is 1. The van der Waals surface area contributed by atoms with Crippen LogP contribution in [0.3, 0.4) is 0 Å². The van der Waals surface area contributed by atoms with E-state index in [1.54, 1.807) is 0 Å². The fourth-order valence-electron chi connectivity index (χ4n) is 1.20. The fourth-order valence-corrected chi connectivity index (χ4v) is 1.20. The molecule has 0 amide bonds. The van der Waals surface area contributed by atoms with Crippen LogP contribution in [0.25, 0.3) is 0 Å². The molecule has 0 aliphatic rings. The van der Waals surface area contributed by atoms with Crippen LogP contribution in [0.15, 0.2) is 0 Å². The maximum atomic E-state index is 9.04. The minimum atomic E-state index is -0.0753. The van der Waals surface area contributed by atoms with Crippen LogP contribution in [0.1, 0.15) is 20.3 Å². The number of aliphatic hydroxyl groups excluding tert-OH is 1. The molecule has 0 heterocycles. The lowest BCUT2D eigenvalue weighted by Gasteiger charge is -2.32. The monoisotopic (exact) mass is 160 g/mol. The molecule has 0 bridgehead atoms. The van der Waals surface area contributed by atoms with Crippen molar-refractivity contribution in [1.82, 2.24) is 5.32 Å². The quantitative estimate of drug-likeness (QED) is 0.528. The molecule has 3 nitrogen and oxygen atoms in total. The first kappa shape index (κ1) is 10.9. The molecule has 1 unspecified atom stereocenters. The van der Waals surface area contributed by atoms with Crippen molar-refractivity contribution in [3.63, 3.8) is 0 Å². The van der Waals surface area contributed by atoms with Crippen molar-refractivity contribution in [2.45, 2.75) is 26.3 Å². The van der Waals surface area contributed by atoms with E-state index in [1.807, 2.05) is 20.9 Å². The molecule has 0 aliphatic carbocycles. The number of rotatable bonds is 5. The van der Waals surface area contributed by atoms with Crippen LogP contribution in [-0.4, -0.2) is 31.3 Å². The summed E-state index contributed by atoms with van der Waals surface area (Å²) >= 11 is 0. The molecule has 3 heteroatoms. The Morgan fingerprint density at radius 2 is 2.09 bits per heavy atom. The number of hydrogen-bond donors (Lipinski definition) is 3. The lowest BCUT2D eigenvalue weighted by atomic mass is 9.83. The van der Waals surface area contributed by atoms with Crippen LogP contribution in [0.5, 0.6) is 0 Å². The smallest absolute Gasteiger partial charge is 0.0497 e.